The SMILES string of the molecule is COc1ccc(CC(=O)N(C)c2ccc3ccccc3c2)cc1OC. The van der Waals surface area contributed by atoms with Gasteiger partial charge in [-0.05, 0) is 40.6 Å². The van der Waals surface area contributed by atoms with Crippen molar-refractivity contribution in [1.82, 2.24) is 0 Å². The van der Waals surface area contributed by atoms with Gasteiger partial charge < -0.3 is 14.4 Å². The number of fused-ring (bicyclic) bond motifs is 1. The molecule has 0 aliphatic carbocycles. The molecule has 0 fully saturated rings. The van der Waals surface area contributed by atoms with Crippen LogP contribution < -0.4 is 14.4 Å². The number of carbonyl (C=O) groups is 1. The van der Waals surface area contributed by atoms with Gasteiger partial charge in [-0.15, -0.1) is 0 Å². The molecule has 0 radical (unpaired) electrons. The molecule has 0 unspecified atom stereocenters. The summed E-state index contributed by atoms with van der Waals surface area (Å²) in [6.45, 7) is 0. The highest BCUT2D eigenvalue weighted by atomic mass is 16.5. The van der Waals surface area contributed by atoms with E-state index in [1.165, 1.54) is 0 Å². The number of methoxy groups -OCH3 is 2. The predicted molar refractivity (Wildman–Crippen MR) is 101 cm³/mol. The Morgan fingerprint density at radius 1 is 0.880 bits per heavy atom. The zero-order chi connectivity index (χ0) is 17.8. The zero-order valence-electron chi connectivity index (χ0n) is 14.7. The molecule has 0 heterocycles. The number of anilines is 1. The molecule has 0 spiro atoms. The first kappa shape index (κ1) is 16.8. The second kappa shape index (κ2) is 7.26. The molecule has 3 aromatic carbocycles. The first-order valence-corrected chi connectivity index (χ1v) is 8.08. The highest BCUT2D eigenvalue weighted by Crippen LogP contribution is 2.28. The standard InChI is InChI=1S/C21H21NO3/c1-22(18-10-9-16-6-4-5-7-17(16)14-18)21(23)13-15-8-11-19(24-2)20(12-15)25-3/h4-12,14H,13H2,1-3H3. The van der Waals surface area contributed by atoms with Crippen molar-refractivity contribution in [2.24, 2.45) is 0 Å². The van der Waals surface area contributed by atoms with Crippen LogP contribution in [0.4, 0.5) is 5.69 Å². The minimum Gasteiger partial charge on any atom is -0.493 e. The highest BCUT2D eigenvalue weighted by molar-refractivity contribution is 5.97. The molecule has 128 valence electrons. The van der Waals surface area contributed by atoms with E-state index in [9.17, 15) is 4.79 Å². The maximum atomic E-state index is 12.7. The van der Waals surface area contributed by atoms with Gasteiger partial charge in [-0.1, -0.05) is 36.4 Å². The van der Waals surface area contributed by atoms with E-state index in [4.69, 9.17) is 9.47 Å². The molecule has 0 aromatic heterocycles. The second-order valence-corrected chi connectivity index (χ2v) is 5.85. The van der Waals surface area contributed by atoms with Crippen molar-refractivity contribution in [3.05, 3.63) is 66.2 Å². The number of ether oxygens (including phenoxy) is 2. The van der Waals surface area contributed by atoms with Crippen LogP contribution in [-0.2, 0) is 11.2 Å². The third-order valence-electron chi connectivity index (χ3n) is 4.30. The van der Waals surface area contributed by atoms with Gasteiger partial charge in [0.25, 0.3) is 0 Å². The van der Waals surface area contributed by atoms with Gasteiger partial charge in [0, 0.05) is 12.7 Å². The van der Waals surface area contributed by atoms with Crippen LogP contribution in [-0.4, -0.2) is 27.2 Å². The molecule has 0 aliphatic rings. The van der Waals surface area contributed by atoms with Crippen LogP contribution in [0.25, 0.3) is 10.8 Å². The van der Waals surface area contributed by atoms with E-state index in [1.54, 1.807) is 26.2 Å². The lowest BCUT2D eigenvalue weighted by atomic mass is 10.1. The Morgan fingerprint density at radius 3 is 2.32 bits per heavy atom. The number of hydrogen-bond donors (Lipinski definition) is 0. The summed E-state index contributed by atoms with van der Waals surface area (Å²) in [6, 6.07) is 19.7. The van der Waals surface area contributed by atoms with E-state index in [-0.39, 0.29) is 5.91 Å². The molecule has 3 rings (SSSR count). The fraction of sp³-hybridized carbons (Fsp3) is 0.190. The first-order chi connectivity index (χ1) is 12.1. The molecule has 0 N–H and O–H groups in total. The fourth-order valence-corrected chi connectivity index (χ4v) is 2.81. The lowest BCUT2D eigenvalue weighted by Crippen LogP contribution is -2.27. The average Bonchev–Trinajstić information content (AvgIpc) is 2.66. The smallest absolute Gasteiger partial charge is 0.231 e. The summed E-state index contributed by atoms with van der Waals surface area (Å²) in [7, 11) is 4.98. The molecular weight excluding hydrogens is 314 g/mol. The van der Waals surface area contributed by atoms with Crippen molar-refractivity contribution in [1.29, 1.82) is 0 Å². The molecule has 1 amide bonds. The van der Waals surface area contributed by atoms with E-state index < -0.39 is 0 Å². The summed E-state index contributed by atoms with van der Waals surface area (Å²) in [5.74, 6) is 1.30. The minimum atomic E-state index is 0.0162. The Kier molecular flexibility index (Phi) is 4.89. The number of amides is 1. The van der Waals surface area contributed by atoms with Gasteiger partial charge in [-0.3, -0.25) is 4.79 Å². The lowest BCUT2D eigenvalue weighted by Gasteiger charge is -2.18. The van der Waals surface area contributed by atoms with Crippen LogP contribution in [0.5, 0.6) is 11.5 Å². The van der Waals surface area contributed by atoms with E-state index in [1.807, 2.05) is 54.6 Å². The molecule has 0 bridgehead atoms. The molecule has 3 aromatic rings. The van der Waals surface area contributed by atoms with Crippen LogP contribution in [0.15, 0.2) is 60.7 Å². The van der Waals surface area contributed by atoms with E-state index in [0.29, 0.717) is 17.9 Å². The maximum absolute atomic E-state index is 12.7. The molecular formula is C21H21NO3. The molecule has 4 nitrogen and oxygen atoms in total. The normalized spacial score (nSPS) is 10.5. The topological polar surface area (TPSA) is 38.8 Å². The number of nitrogens with zero attached hydrogens (tertiary/aromatic N) is 1. The Labute approximate surface area is 147 Å². The monoisotopic (exact) mass is 335 g/mol. The largest absolute Gasteiger partial charge is 0.493 e. The lowest BCUT2D eigenvalue weighted by molar-refractivity contribution is -0.117. The quantitative estimate of drug-likeness (QED) is 0.706. The van der Waals surface area contributed by atoms with Crippen molar-refractivity contribution in [2.45, 2.75) is 6.42 Å². The first-order valence-electron chi connectivity index (χ1n) is 8.08. The van der Waals surface area contributed by atoms with E-state index in [2.05, 4.69) is 6.07 Å². The Bertz CT molecular complexity index is 905. The molecule has 0 saturated heterocycles. The van der Waals surface area contributed by atoms with Crippen molar-refractivity contribution < 1.29 is 14.3 Å². The maximum Gasteiger partial charge on any atom is 0.231 e. The summed E-state index contributed by atoms with van der Waals surface area (Å²) in [6.07, 6.45) is 0.295. The predicted octanol–water partition coefficient (Wildman–Crippen LogP) is 4.06. The van der Waals surface area contributed by atoms with Crippen LogP contribution in [0.1, 0.15) is 5.56 Å². The van der Waals surface area contributed by atoms with Gasteiger partial charge in [-0.2, -0.15) is 0 Å². The second-order valence-electron chi connectivity index (χ2n) is 5.85. The Balaban J connectivity index is 1.79. The van der Waals surface area contributed by atoms with E-state index in [0.717, 1.165) is 22.0 Å². The molecule has 0 saturated carbocycles. The van der Waals surface area contributed by atoms with Crippen LogP contribution in [0.2, 0.25) is 0 Å². The summed E-state index contributed by atoms with van der Waals surface area (Å²) >= 11 is 0. The summed E-state index contributed by atoms with van der Waals surface area (Å²) in [5.41, 5.74) is 1.76. The van der Waals surface area contributed by atoms with Crippen LogP contribution >= 0.6 is 0 Å². The van der Waals surface area contributed by atoms with Gasteiger partial charge in [0.15, 0.2) is 11.5 Å². The van der Waals surface area contributed by atoms with Crippen molar-refractivity contribution >= 4 is 22.4 Å². The molecule has 4 heteroatoms. The van der Waals surface area contributed by atoms with E-state index >= 15 is 0 Å². The van der Waals surface area contributed by atoms with Crippen LogP contribution in [0, 0.1) is 0 Å². The van der Waals surface area contributed by atoms with Gasteiger partial charge in [0.1, 0.15) is 0 Å². The number of rotatable bonds is 5. The summed E-state index contributed by atoms with van der Waals surface area (Å²) < 4.78 is 10.5. The van der Waals surface area contributed by atoms with Gasteiger partial charge in [0.2, 0.25) is 5.91 Å². The number of likely N-dealkylation sites (N-methyl/N-ethyl adjacent to an activating group) is 1. The zero-order valence-corrected chi connectivity index (χ0v) is 14.7. The van der Waals surface area contributed by atoms with Gasteiger partial charge in [-0.25, -0.2) is 0 Å². The van der Waals surface area contributed by atoms with Crippen LogP contribution in [0.3, 0.4) is 0 Å². The summed E-state index contributed by atoms with van der Waals surface area (Å²) in [5, 5.41) is 2.28. The minimum absolute atomic E-state index is 0.0162. The Hall–Kier alpha value is -3.01. The van der Waals surface area contributed by atoms with Crippen molar-refractivity contribution in [3.8, 4) is 11.5 Å². The fourth-order valence-electron chi connectivity index (χ4n) is 2.81. The number of hydrogen-bond acceptors (Lipinski definition) is 3. The number of benzene rings is 3. The third-order valence-corrected chi connectivity index (χ3v) is 4.30. The third kappa shape index (κ3) is 3.58. The molecule has 0 atom stereocenters. The van der Waals surface area contributed by atoms with Gasteiger partial charge >= 0.3 is 0 Å². The van der Waals surface area contributed by atoms with Crippen molar-refractivity contribution in [3.63, 3.8) is 0 Å². The molecule has 0 aliphatic heterocycles. The number of carbonyl (C=O) groups excluding carboxylic acids is 1. The molecule has 25 heavy (non-hydrogen) atoms. The average molecular weight is 335 g/mol. The Morgan fingerprint density at radius 2 is 1.60 bits per heavy atom. The van der Waals surface area contributed by atoms with Crippen molar-refractivity contribution in [2.75, 3.05) is 26.2 Å². The highest BCUT2D eigenvalue weighted by Gasteiger charge is 2.14. The van der Waals surface area contributed by atoms with Gasteiger partial charge in [0.05, 0.1) is 20.6 Å². The summed E-state index contributed by atoms with van der Waals surface area (Å²) in [4.78, 5) is 14.3.